The topological polar surface area (TPSA) is 44.7 Å². The molecule has 0 spiro atoms. The Hall–Kier alpha value is -1.26. The molecule has 4 heteroatoms. The molecular formula is C16H28N2O2. The van der Waals surface area contributed by atoms with Crippen molar-refractivity contribution < 1.29 is 9.84 Å². The molecule has 0 aromatic heterocycles. The van der Waals surface area contributed by atoms with Crippen molar-refractivity contribution in [2.45, 2.75) is 33.4 Å². The number of nitrogens with zero attached hydrogens (tertiary/aromatic N) is 1. The highest BCUT2D eigenvalue weighted by atomic mass is 16.5. The van der Waals surface area contributed by atoms with Crippen LogP contribution in [-0.4, -0.2) is 43.3 Å². The van der Waals surface area contributed by atoms with Gasteiger partial charge in [0.25, 0.3) is 0 Å². The van der Waals surface area contributed by atoms with Gasteiger partial charge in [0.05, 0.1) is 6.61 Å². The van der Waals surface area contributed by atoms with Crippen LogP contribution in [0.3, 0.4) is 0 Å². The Morgan fingerprint density at radius 3 is 2.55 bits per heavy atom. The fraction of sp³-hybridized carbons (Fsp3) is 0.625. The molecule has 4 nitrogen and oxygen atoms in total. The van der Waals surface area contributed by atoms with E-state index >= 15 is 0 Å². The van der Waals surface area contributed by atoms with E-state index in [-0.39, 0.29) is 5.75 Å². The average molecular weight is 280 g/mol. The highest BCUT2D eigenvalue weighted by Gasteiger charge is 2.15. The number of phenolic OH excluding ortho intramolecular Hbond substituents is 1. The largest absolute Gasteiger partial charge is 0.504 e. The van der Waals surface area contributed by atoms with Crippen LogP contribution in [0, 0.1) is 5.92 Å². The number of hydrogen-bond donors (Lipinski definition) is 2. The van der Waals surface area contributed by atoms with E-state index in [1.807, 2.05) is 19.1 Å². The van der Waals surface area contributed by atoms with E-state index < -0.39 is 0 Å². The minimum atomic E-state index is 0.243. The van der Waals surface area contributed by atoms with E-state index in [1.54, 1.807) is 6.07 Å². The molecule has 1 rings (SSSR count). The second-order valence-electron chi connectivity index (χ2n) is 5.60. The summed E-state index contributed by atoms with van der Waals surface area (Å²) in [6, 6.07) is 6.10. The number of aromatic hydroxyl groups is 1. The lowest BCUT2D eigenvalue weighted by Gasteiger charge is -2.28. The summed E-state index contributed by atoms with van der Waals surface area (Å²) in [6.07, 6.45) is 0. The summed E-state index contributed by atoms with van der Waals surface area (Å²) in [4.78, 5) is 2.23. The number of likely N-dealkylation sites (N-methyl/N-ethyl adjacent to an activating group) is 1. The third-order valence-corrected chi connectivity index (χ3v) is 3.48. The van der Waals surface area contributed by atoms with Crippen LogP contribution in [0.25, 0.3) is 0 Å². The van der Waals surface area contributed by atoms with E-state index in [0.29, 0.717) is 30.9 Å². The maximum atomic E-state index is 10.1. The monoisotopic (exact) mass is 280 g/mol. The molecule has 20 heavy (non-hydrogen) atoms. The summed E-state index contributed by atoms with van der Waals surface area (Å²) < 4.78 is 5.40. The van der Waals surface area contributed by atoms with Crippen LogP contribution >= 0.6 is 0 Å². The first-order valence-electron chi connectivity index (χ1n) is 7.28. The number of phenols is 1. The van der Waals surface area contributed by atoms with Gasteiger partial charge in [-0.1, -0.05) is 26.0 Å². The van der Waals surface area contributed by atoms with Crippen LogP contribution in [0.5, 0.6) is 11.5 Å². The van der Waals surface area contributed by atoms with Crippen LogP contribution in [0.1, 0.15) is 26.3 Å². The molecule has 0 radical (unpaired) electrons. The minimum absolute atomic E-state index is 0.243. The van der Waals surface area contributed by atoms with Crippen LogP contribution < -0.4 is 10.1 Å². The zero-order valence-electron chi connectivity index (χ0n) is 13.3. The number of para-hydroxylation sites is 1. The van der Waals surface area contributed by atoms with Crippen LogP contribution in [-0.2, 0) is 6.54 Å². The average Bonchev–Trinajstić information content (AvgIpc) is 2.38. The second kappa shape index (κ2) is 8.12. The Morgan fingerprint density at radius 1 is 1.30 bits per heavy atom. The molecule has 114 valence electrons. The normalized spacial score (nSPS) is 12.9. The van der Waals surface area contributed by atoms with Gasteiger partial charge in [-0.15, -0.1) is 0 Å². The van der Waals surface area contributed by atoms with Crippen LogP contribution in [0.15, 0.2) is 18.2 Å². The highest BCUT2D eigenvalue weighted by molar-refractivity contribution is 5.45. The molecule has 0 aliphatic carbocycles. The summed E-state index contributed by atoms with van der Waals surface area (Å²) in [5.74, 6) is 1.38. The Labute approximate surface area is 122 Å². The van der Waals surface area contributed by atoms with Gasteiger partial charge in [-0.3, -0.25) is 0 Å². The van der Waals surface area contributed by atoms with E-state index in [2.05, 4.69) is 38.2 Å². The van der Waals surface area contributed by atoms with Gasteiger partial charge >= 0.3 is 0 Å². The van der Waals surface area contributed by atoms with Gasteiger partial charge in [-0.05, 0) is 33.0 Å². The Kier molecular flexibility index (Phi) is 6.82. The number of nitrogens with one attached hydrogen (secondary N) is 1. The molecule has 0 saturated carbocycles. The lowest BCUT2D eigenvalue weighted by atomic mass is 10.0. The van der Waals surface area contributed by atoms with Crippen molar-refractivity contribution in [3.05, 3.63) is 23.8 Å². The maximum absolute atomic E-state index is 10.1. The quantitative estimate of drug-likeness (QED) is 0.768. The lowest BCUT2D eigenvalue weighted by Crippen LogP contribution is -2.41. The molecular weight excluding hydrogens is 252 g/mol. The van der Waals surface area contributed by atoms with E-state index in [4.69, 9.17) is 4.74 Å². The van der Waals surface area contributed by atoms with Gasteiger partial charge < -0.3 is 20.1 Å². The van der Waals surface area contributed by atoms with Crippen LogP contribution in [0.2, 0.25) is 0 Å². The lowest BCUT2D eigenvalue weighted by molar-refractivity contribution is 0.224. The molecule has 0 amide bonds. The minimum Gasteiger partial charge on any atom is -0.504 e. The predicted octanol–water partition coefficient (Wildman–Crippen LogP) is 2.47. The van der Waals surface area contributed by atoms with Gasteiger partial charge in [-0.25, -0.2) is 0 Å². The Balaban J connectivity index is 2.59. The number of benzene rings is 1. The van der Waals surface area contributed by atoms with Crippen molar-refractivity contribution in [1.82, 2.24) is 10.2 Å². The molecule has 2 N–H and O–H groups in total. The van der Waals surface area contributed by atoms with Crippen molar-refractivity contribution in [3.8, 4) is 11.5 Å². The smallest absolute Gasteiger partial charge is 0.162 e. The SMILES string of the molecule is CCOc1cccc(CNCC(C(C)C)N(C)C)c1O. The zero-order valence-corrected chi connectivity index (χ0v) is 13.3. The standard InChI is InChI=1S/C16H28N2O2/c1-6-20-15-9-7-8-13(16(15)19)10-17-11-14(12(2)3)18(4)5/h7-9,12,14,17,19H,6,10-11H2,1-5H3. The van der Waals surface area contributed by atoms with E-state index in [0.717, 1.165) is 12.1 Å². The molecule has 0 saturated heterocycles. The highest BCUT2D eigenvalue weighted by Crippen LogP contribution is 2.29. The molecule has 1 aromatic rings. The third-order valence-electron chi connectivity index (χ3n) is 3.48. The first-order valence-corrected chi connectivity index (χ1v) is 7.28. The first kappa shape index (κ1) is 16.8. The molecule has 0 aliphatic heterocycles. The van der Waals surface area contributed by atoms with Crippen molar-refractivity contribution in [2.24, 2.45) is 5.92 Å². The van der Waals surface area contributed by atoms with Crippen LogP contribution in [0.4, 0.5) is 0 Å². The number of ether oxygens (including phenoxy) is 1. The fourth-order valence-corrected chi connectivity index (χ4v) is 2.35. The summed E-state index contributed by atoms with van der Waals surface area (Å²) in [5, 5.41) is 13.5. The molecule has 1 atom stereocenters. The number of rotatable bonds is 8. The van der Waals surface area contributed by atoms with E-state index in [9.17, 15) is 5.11 Å². The van der Waals surface area contributed by atoms with Crippen molar-refractivity contribution in [1.29, 1.82) is 0 Å². The summed E-state index contributed by atoms with van der Waals surface area (Å²) in [6.45, 7) is 8.45. The van der Waals surface area contributed by atoms with Crippen molar-refractivity contribution >= 4 is 0 Å². The molecule has 0 bridgehead atoms. The Morgan fingerprint density at radius 2 is 2.00 bits per heavy atom. The zero-order chi connectivity index (χ0) is 15.1. The van der Waals surface area contributed by atoms with Gasteiger partial charge in [0.1, 0.15) is 0 Å². The second-order valence-corrected chi connectivity index (χ2v) is 5.60. The van der Waals surface area contributed by atoms with E-state index in [1.165, 1.54) is 0 Å². The fourth-order valence-electron chi connectivity index (χ4n) is 2.35. The van der Waals surface area contributed by atoms with Gasteiger partial charge in [-0.2, -0.15) is 0 Å². The third kappa shape index (κ3) is 4.69. The number of hydrogen-bond acceptors (Lipinski definition) is 4. The van der Waals surface area contributed by atoms with Gasteiger partial charge in [0.2, 0.25) is 0 Å². The molecule has 0 heterocycles. The summed E-state index contributed by atoms with van der Waals surface area (Å²) in [7, 11) is 4.19. The van der Waals surface area contributed by atoms with Gasteiger partial charge in [0.15, 0.2) is 11.5 Å². The van der Waals surface area contributed by atoms with Gasteiger partial charge in [0, 0.05) is 24.7 Å². The van der Waals surface area contributed by atoms with Crippen molar-refractivity contribution in [2.75, 3.05) is 27.2 Å². The summed E-state index contributed by atoms with van der Waals surface area (Å²) in [5.41, 5.74) is 0.872. The molecule has 0 aliphatic rings. The Bertz CT molecular complexity index is 397. The first-order chi connectivity index (χ1) is 9.47. The molecule has 1 aromatic carbocycles. The molecule has 0 fully saturated rings. The maximum Gasteiger partial charge on any atom is 0.162 e. The molecule has 1 unspecified atom stereocenters. The van der Waals surface area contributed by atoms with Crippen molar-refractivity contribution in [3.63, 3.8) is 0 Å². The predicted molar refractivity (Wildman–Crippen MR) is 83.3 cm³/mol. The summed E-state index contributed by atoms with van der Waals surface area (Å²) >= 11 is 0.